The Bertz CT molecular complexity index is 1480. The molecule has 0 aliphatic carbocycles. The highest BCUT2D eigenvalue weighted by molar-refractivity contribution is 6.32. The number of halogens is 1. The maximum absolute atomic E-state index is 13.5. The number of hydrogen-bond donors (Lipinski definition) is 2. The summed E-state index contributed by atoms with van der Waals surface area (Å²) < 4.78 is 2.86. The largest absolute Gasteiger partial charge is 0.355 e. The van der Waals surface area contributed by atoms with Crippen molar-refractivity contribution >= 4 is 34.8 Å². The molecule has 4 rings (SSSR count). The first kappa shape index (κ1) is 23.5. The molecule has 0 bridgehead atoms. The van der Waals surface area contributed by atoms with Crippen LogP contribution in [0.25, 0.3) is 10.7 Å². The molecular formula is C22H19ClN10O2. The Morgan fingerprint density at radius 2 is 2.00 bits per heavy atom. The number of nitrogens with one attached hydrogen (secondary N) is 2. The lowest BCUT2D eigenvalue weighted by atomic mass is 10.1. The van der Waals surface area contributed by atoms with Crippen LogP contribution in [-0.4, -0.2) is 53.8 Å². The number of rotatable bonds is 6. The first-order valence-electron chi connectivity index (χ1n) is 10.3. The molecule has 0 fully saturated rings. The van der Waals surface area contributed by atoms with Crippen molar-refractivity contribution in [2.45, 2.75) is 20.4 Å². The van der Waals surface area contributed by atoms with Gasteiger partial charge in [-0.2, -0.15) is 5.10 Å². The molecule has 4 aromatic rings. The van der Waals surface area contributed by atoms with Crippen molar-refractivity contribution in [1.29, 1.82) is 0 Å². The van der Waals surface area contributed by atoms with E-state index in [-0.39, 0.29) is 35.0 Å². The van der Waals surface area contributed by atoms with Crippen LogP contribution in [0.4, 0.5) is 11.4 Å². The van der Waals surface area contributed by atoms with Crippen LogP contribution in [0, 0.1) is 20.4 Å². The van der Waals surface area contributed by atoms with E-state index < -0.39 is 11.8 Å². The fourth-order valence-electron chi connectivity index (χ4n) is 3.40. The summed E-state index contributed by atoms with van der Waals surface area (Å²) in [5.74, 6) is -0.162. The van der Waals surface area contributed by atoms with Crippen LogP contribution in [0.15, 0.2) is 36.5 Å². The molecule has 0 saturated carbocycles. The second-order valence-electron chi connectivity index (χ2n) is 7.46. The molecule has 0 atom stereocenters. The molecular weight excluding hydrogens is 472 g/mol. The van der Waals surface area contributed by atoms with Gasteiger partial charge in [0, 0.05) is 13.2 Å². The van der Waals surface area contributed by atoms with E-state index in [0.29, 0.717) is 22.1 Å². The number of anilines is 1. The van der Waals surface area contributed by atoms with Crippen molar-refractivity contribution in [1.82, 2.24) is 40.3 Å². The van der Waals surface area contributed by atoms with Gasteiger partial charge in [0.1, 0.15) is 11.5 Å². The molecule has 2 N–H and O–H groups in total. The van der Waals surface area contributed by atoms with Gasteiger partial charge in [-0.15, -0.1) is 5.10 Å². The Kier molecular flexibility index (Phi) is 6.52. The van der Waals surface area contributed by atoms with Crippen molar-refractivity contribution in [2.75, 3.05) is 12.4 Å². The Hall–Kier alpha value is -4.63. The summed E-state index contributed by atoms with van der Waals surface area (Å²) in [6.07, 6.45) is 1.53. The van der Waals surface area contributed by atoms with Crippen molar-refractivity contribution in [3.8, 4) is 5.82 Å². The maximum atomic E-state index is 13.5. The molecule has 0 aliphatic rings. The normalized spacial score (nSPS) is 10.6. The van der Waals surface area contributed by atoms with Gasteiger partial charge in [-0.3, -0.25) is 9.59 Å². The van der Waals surface area contributed by atoms with E-state index in [2.05, 4.69) is 41.1 Å². The number of aryl methyl sites for hydroxylation is 2. The molecule has 1 aromatic carbocycles. The number of pyridine rings is 1. The predicted octanol–water partition coefficient (Wildman–Crippen LogP) is 2.74. The third-order valence-electron chi connectivity index (χ3n) is 5.11. The van der Waals surface area contributed by atoms with Gasteiger partial charge in [0.05, 0.1) is 35.1 Å². The number of benzene rings is 1. The van der Waals surface area contributed by atoms with Crippen LogP contribution in [0.2, 0.25) is 5.02 Å². The summed E-state index contributed by atoms with van der Waals surface area (Å²) in [6, 6.07) is 7.89. The average Bonchev–Trinajstić information content (AvgIpc) is 3.46. The zero-order valence-electron chi connectivity index (χ0n) is 18.9. The second kappa shape index (κ2) is 9.70. The topological polar surface area (TPSA) is 137 Å². The molecule has 0 aliphatic heterocycles. The van der Waals surface area contributed by atoms with E-state index in [1.54, 1.807) is 38.1 Å². The summed E-state index contributed by atoms with van der Waals surface area (Å²) >= 11 is 6.34. The standard InChI is InChI=1S/C22H19ClN10O2/c1-12-8-14(24-3)9-16(21(34)25-4)19(12)27-22(35)18-10-15(11-32-13(2)28-30-31-32)29-33(18)20-17(23)6-5-7-26-20/h5-10H,11H2,1-2,4H3,(H,25,34)(H,27,35). The molecule has 3 heterocycles. The highest BCUT2D eigenvalue weighted by atomic mass is 35.5. The first-order chi connectivity index (χ1) is 16.8. The Balaban J connectivity index is 1.79. The summed E-state index contributed by atoms with van der Waals surface area (Å²) in [5.41, 5.74) is 1.89. The van der Waals surface area contributed by atoms with Crippen LogP contribution in [0.1, 0.15) is 37.9 Å². The van der Waals surface area contributed by atoms with Gasteiger partial charge in [0.15, 0.2) is 11.5 Å². The van der Waals surface area contributed by atoms with Crippen LogP contribution < -0.4 is 10.6 Å². The van der Waals surface area contributed by atoms with E-state index in [4.69, 9.17) is 18.2 Å². The van der Waals surface area contributed by atoms with Gasteiger partial charge in [-0.1, -0.05) is 17.7 Å². The van der Waals surface area contributed by atoms with Crippen LogP contribution in [0.5, 0.6) is 0 Å². The minimum absolute atomic E-state index is 0.128. The molecule has 35 heavy (non-hydrogen) atoms. The number of carbonyl (C=O) groups excluding carboxylic acids is 2. The first-order valence-corrected chi connectivity index (χ1v) is 10.7. The molecule has 0 spiro atoms. The SMILES string of the molecule is [C-]#[N+]c1cc(C)c(NC(=O)c2cc(Cn3nnnc3C)nn2-c2ncccc2Cl)c(C(=O)NC)c1. The van der Waals surface area contributed by atoms with E-state index in [1.807, 2.05) is 0 Å². The highest BCUT2D eigenvalue weighted by Gasteiger charge is 2.23. The lowest BCUT2D eigenvalue weighted by molar-refractivity contribution is 0.0964. The third-order valence-corrected chi connectivity index (χ3v) is 5.41. The zero-order chi connectivity index (χ0) is 25.1. The van der Waals surface area contributed by atoms with E-state index >= 15 is 0 Å². The lowest BCUT2D eigenvalue weighted by Gasteiger charge is -2.15. The third kappa shape index (κ3) is 4.71. The number of aromatic nitrogens is 7. The smallest absolute Gasteiger partial charge is 0.274 e. The predicted molar refractivity (Wildman–Crippen MR) is 127 cm³/mol. The molecule has 3 aromatic heterocycles. The van der Waals surface area contributed by atoms with Gasteiger partial charge in [-0.05, 0) is 54.1 Å². The van der Waals surface area contributed by atoms with Gasteiger partial charge in [-0.25, -0.2) is 19.2 Å². The molecule has 13 heteroatoms. The number of hydrogen-bond acceptors (Lipinski definition) is 7. The maximum Gasteiger partial charge on any atom is 0.274 e. The van der Waals surface area contributed by atoms with Crippen molar-refractivity contribution in [2.24, 2.45) is 0 Å². The average molecular weight is 491 g/mol. The number of carbonyl (C=O) groups is 2. The van der Waals surface area contributed by atoms with Gasteiger partial charge in [0.2, 0.25) is 0 Å². The van der Waals surface area contributed by atoms with Crippen LogP contribution >= 0.6 is 11.6 Å². The summed E-state index contributed by atoms with van der Waals surface area (Å²) in [5, 5.41) is 21.5. The number of tetrazole rings is 1. The summed E-state index contributed by atoms with van der Waals surface area (Å²) in [7, 11) is 1.47. The quantitative estimate of drug-likeness (QED) is 0.396. The van der Waals surface area contributed by atoms with Gasteiger partial charge in [0.25, 0.3) is 11.8 Å². The fourth-order valence-corrected chi connectivity index (χ4v) is 3.60. The van der Waals surface area contributed by atoms with E-state index in [0.717, 1.165) is 0 Å². The Morgan fingerprint density at radius 1 is 1.20 bits per heavy atom. The minimum atomic E-state index is -0.553. The Morgan fingerprint density at radius 3 is 2.66 bits per heavy atom. The molecule has 0 radical (unpaired) electrons. The summed E-state index contributed by atoms with van der Waals surface area (Å²) in [6.45, 7) is 10.9. The molecule has 0 unspecified atom stereocenters. The van der Waals surface area contributed by atoms with Crippen LogP contribution in [0.3, 0.4) is 0 Å². The van der Waals surface area contributed by atoms with E-state index in [1.165, 1.54) is 28.7 Å². The number of nitrogens with zero attached hydrogens (tertiary/aromatic N) is 8. The summed E-state index contributed by atoms with van der Waals surface area (Å²) in [4.78, 5) is 33.6. The fraction of sp³-hybridized carbons (Fsp3) is 0.182. The Labute approximate surface area is 204 Å². The monoisotopic (exact) mass is 490 g/mol. The molecule has 176 valence electrons. The van der Waals surface area contributed by atoms with Crippen molar-refractivity contribution in [3.63, 3.8) is 0 Å². The molecule has 0 saturated heterocycles. The molecule has 12 nitrogen and oxygen atoms in total. The molecule has 2 amide bonds. The zero-order valence-corrected chi connectivity index (χ0v) is 19.7. The minimum Gasteiger partial charge on any atom is -0.355 e. The van der Waals surface area contributed by atoms with Gasteiger partial charge < -0.3 is 10.6 Å². The van der Waals surface area contributed by atoms with Gasteiger partial charge >= 0.3 is 0 Å². The van der Waals surface area contributed by atoms with Crippen LogP contribution in [-0.2, 0) is 6.54 Å². The van der Waals surface area contributed by atoms with Crippen molar-refractivity contribution in [3.05, 3.63) is 81.3 Å². The lowest BCUT2D eigenvalue weighted by Crippen LogP contribution is -2.23. The van der Waals surface area contributed by atoms with Crippen molar-refractivity contribution < 1.29 is 9.59 Å². The second-order valence-corrected chi connectivity index (χ2v) is 7.86. The number of amides is 2. The highest BCUT2D eigenvalue weighted by Crippen LogP contribution is 2.28. The van der Waals surface area contributed by atoms with E-state index in [9.17, 15) is 9.59 Å².